The number of hydrogen-bond acceptors (Lipinski definition) is 5. The number of nitrogens with zero attached hydrogens (tertiary/aromatic N) is 3. The largest absolute Gasteiger partial charge is 0.355 e. The molecular weight excluding hydrogens is 354 g/mol. The third kappa shape index (κ3) is 3.65. The quantitative estimate of drug-likeness (QED) is 0.832. The zero-order valence-corrected chi connectivity index (χ0v) is 17.0. The van der Waals surface area contributed by atoms with Crippen LogP contribution in [-0.2, 0) is 4.79 Å². The van der Waals surface area contributed by atoms with Crippen LogP contribution in [0.2, 0.25) is 0 Å². The van der Waals surface area contributed by atoms with Crippen LogP contribution in [0.3, 0.4) is 0 Å². The van der Waals surface area contributed by atoms with Crippen molar-refractivity contribution in [3.05, 3.63) is 42.1 Å². The summed E-state index contributed by atoms with van der Waals surface area (Å²) in [6.07, 6.45) is 1.71. The number of hydrogen-bond donors (Lipinski definition) is 2. The summed E-state index contributed by atoms with van der Waals surface area (Å²) in [6, 6.07) is 9.18. The molecule has 0 fully saturated rings. The van der Waals surface area contributed by atoms with E-state index in [9.17, 15) is 9.59 Å². The fraction of sp³-hybridized carbons (Fsp3) is 0.381. The highest BCUT2D eigenvalue weighted by atomic mass is 16.2. The summed E-state index contributed by atoms with van der Waals surface area (Å²) < 4.78 is 0. The highest BCUT2D eigenvalue weighted by Gasteiger charge is 2.35. The summed E-state index contributed by atoms with van der Waals surface area (Å²) in [6.45, 7) is 8.54. The Morgan fingerprint density at radius 2 is 2.00 bits per heavy atom. The second kappa shape index (κ2) is 7.88. The maximum Gasteiger partial charge on any atom is 0.251 e. The predicted octanol–water partition coefficient (Wildman–Crippen LogP) is 3.15. The first-order valence-electron chi connectivity index (χ1n) is 9.54. The van der Waals surface area contributed by atoms with Crippen molar-refractivity contribution in [3.8, 4) is 0 Å². The summed E-state index contributed by atoms with van der Waals surface area (Å²) >= 11 is 0. The number of likely N-dealkylation sites (N-methyl/N-ethyl adjacent to an activating group) is 1. The van der Waals surface area contributed by atoms with Gasteiger partial charge in [0, 0.05) is 37.0 Å². The van der Waals surface area contributed by atoms with Crippen LogP contribution in [0.4, 0.5) is 22.9 Å². The van der Waals surface area contributed by atoms with Gasteiger partial charge in [-0.05, 0) is 45.9 Å². The van der Waals surface area contributed by atoms with Gasteiger partial charge in [-0.1, -0.05) is 6.07 Å². The average molecular weight is 381 g/mol. The van der Waals surface area contributed by atoms with E-state index < -0.39 is 0 Å². The SMILES string of the molecule is CCNC(=O)c1cccc(Nc2cc3c(cn2)N(C)C(=O)C(C)N3C(C)C)c1. The Morgan fingerprint density at radius 3 is 2.68 bits per heavy atom. The number of aromatic nitrogens is 1. The maximum absolute atomic E-state index is 12.5. The van der Waals surface area contributed by atoms with E-state index in [0.29, 0.717) is 17.9 Å². The van der Waals surface area contributed by atoms with E-state index in [-0.39, 0.29) is 23.9 Å². The average Bonchev–Trinajstić information content (AvgIpc) is 2.66. The lowest BCUT2D eigenvalue weighted by atomic mass is 10.1. The molecule has 1 aliphatic heterocycles. The van der Waals surface area contributed by atoms with Gasteiger partial charge in [0.15, 0.2) is 0 Å². The summed E-state index contributed by atoms with van der Waals surface area (Å²) in [5.74, 6) is 0.607. The van der Waals surface area contributed by atoms with Gasteiger partial charge in [-0.3, -0.25) is 9.59 Å². The highest BCUT2D eigenvalue weighted by Crippen LogP contribution is 2.38. The van der Waals surface area contributed by atoms with Crippen molar-refractivity contribution in [1.29, 1.82) is 0 Å². The van der Waals surface area contributed by atoms with Crippen LogP contribution in [0.15, 0.2) is 36.5 Å². The van der Waals surface area contributed by atoms with Crippen LogP contribution >= 0.6 is 0 Å². The third-order valence-electron chi connectivity index (χ3n) is 4.90. The van der Waals surface area contributed by atoms with Gasteiger partial charge in [0.2, 0.25) is 5.91 Å². The number of amides is 2. The van der Waals surface area contributed by atoms with Crippen LogP contribution in [0, 0.1) is 0 Å². The Bertz CT molecular complexity index is 896. The molecule has 148 valence electrons. The van der Waals surface area contributed by atoms with Crippen LogP contribution < -0.4 is 20.4 Å². The van der Waals surface area contributed by atoms with Crippen LogP contribution in [0.5, 0.6) is 0 Å². The lowest BCUT2D eigenvalue weighted by Gasteiger charge is -2.42. The smallest absolute Gasteiger partial charge is 0.251 e. The fourth-order valence-electron chi connectivity index (χ4n) is 3.57. The Balaban J connectivity index is 1.93. The molecule has 2 amide bonds. The normalized spacial score (nSPS) is 16.2. The van der Waals surface area contributed by atoms with Gasteiger partial charge in [-0.15, -0.1) is 0 Å². The Kier molecular flexibility index (Phi) is 5.53. The molecule has 0 bridgehead atoms. The predicted molar refractivity (Wildman–Crippen MR) is 112 cm³/mol. The molecule has 28 heavy (non-hydrogen) atoms. The molecule has 2 N–H and O–H groups in total. The van der Waals surface area contributed by atoms with Gasteiger partial charge in [-0.2, -0.15) is 0 Å². The number of carbonyl (C=O) groups is 2. The number of pyridine rings is 1. The minimum Gasteiger partial charge on any atom is -0.355 e. The van der Waals surface area contributed by atoms with E-state index in [1.807, 2.05) is 32.0 Å². The lowest BCUT2D eigenvalue weighted by molar-refractivity contribution is -0.119. The van der Waals surface area contributed by atoms with E-state index in [1.165, 1.54) is 0 Å². The molecule has 0 spiro atoms. The van der Waals surface area contributed by atoms with Crippen molar-refractivity contribution in [2.75, 3.05) is 28.7 Å². The standard InChI is InChI=1S/C21H27N5O2/c1-6-22-20(27)15-8-7-9-16(10-15)24-19-11-17-18(12-23-19)25(5)21(28)14(4)26(17)13(2)3/h7-14H,6H2,1-5H3,(H,22,27)(H,23,24). The molecule has 0 saturated heterocycles. The van der Waals surface area contributed by atoms with Crippen molar-refractivity contribution < 1.29 is 9.59 Å². The van der Waals surface area contributed by atoms with Crippen LogP contribution in [0.25, 0.3) is 0 Å². The third-order valence-corrected chi connectivity index (χ3v) is 4.90. The van der Waals surface area contributed by atoms with Gasteiger partial charge < -0.3 is 20.4 Å². The molecule has 1 aliphatic rings. The first kappa shape index (κ1) is 19.7. The van der Waals surface area contributed by atoms with Crippen molar-refractivity contribution in [1.82, 2.24) is 10.3 Å². The van der Waals surface area contributed by atoms with E-state index in [0.717, 1.165) is 17.1 Å². The first-order valence-corrected chi connectivity index (χ1v) is 9.54. The topological polar surface area (TPSA) is 77.6 Å². The molecule has 0 aliphatic carbocycles. The summed E-state index contributed by atoms with van der Waals surface area (Å²) in [5.41, 5.74) is 3.12. The maximum atomic E-state index is 12.5. The van der Waals surface area contributed by atoms with Gasteiger partial charge in [-0.25, -0.2) is 4.98 Å². The first-order chi connectivity index (χ1) is 13.3. The molecular formula is C21H27N5O2. The van der Waals surface area contributed by atoms with Crippen LogP contribution in [0.1, 0.15) is 38.1 Å². The number of benzene rings is 1. The molecule has 1 aromatic carbocycles. The molecule has 7 heteroatoms. The van der Waals surface area contributed by atoms with Gasteiger partial charge in [0.05, 0.1) is 17.6 Å². The molecule has 1 atom stereocenters. The second-order valence-electron chi connectivity index (χ2n) is 7.20. The van der Waals surface area contributed by atoms with E-state index in [4.69, 9.17) is 0 Å². The number of fused-ring (bicyclic) bond motifs is 1. The molecule has 1 unspecified atom stereocenters. The summed E-state index contributed by atoms with van der Waals surface area (Å²) in [4.78, 5) is 32.8. The molecule has 0 saturated carbocycles. The number of anilines is 4. The van der Waals surface area contributed by atoms with Crippen molar-refractivity contribution in [3.63, 3.8) is 0 Å². The van der Waals surface area contributed by atoms with Gasteiger partial charge >= 0.3 is 0 Å². The summed E-state index contributed by atoms with van der Waals surface area (Å²) in [7, 11) is 1.78. The van der Waals surface area contributed by atoms with E-state index in [1.54, 1.807) is 30.3 Å². The minimum atomic E-state index is -0.242. The van der Waals surface area contributed by atoms with Crippen molar-refractivity contribution in [2.45, 2.75) is 39.8 Å². The monoisotopic (exact) mass is 381 g/mol. The molecule has 7 nitrogen and oxygen atoms in total. The number of rotatable bonds is 5. The van der Waals surface area contributed by atoms with Crippen molar-refractivity contribution >= 4 is 34.7 Å². The highest BCUT2D eigenvalue weighted by molar-refractivity contribution is 6.05. The van der Waals surface area contributed by atoms with Gasteiger partial charge in [0.1, 0.15) is 11.9 Å². The van der Waals surface area contributed by atoms with Crippen molar-refractivity contribution in [2.24, 2.45) is 0 Å². The molecule has 1 aromatic heterocycles. The molecule has 2 aromatic rings. The molecule has 2 heterocycles. The Hall–Kier alpha value is -3.09. The Morgan fingerprint density at radius 1 is 1.25 bits per heavy atom. The second-order valence-corrected chi connectivity index (χ2v) is 7.20. The summed E-state index contributed by atoms with van der Waals surface area (Å²) in [5, 5.41) is 6.07. The zero-order chi connectivity index (χ0) is 20.4. The number of nitrogens with one attached hydrogen (secondary N) is 2. The van der Waals surface area contributed by atoms with E-state index in [2.05, 4.69) is 34.4 Å². The minimum absolute atomic E-state index is 0.0540. The van der Waals surface area contributed by atoms with Gasteiger partial charge in [0.25, 0.3) is 5.91 Å². The molecule has 0 radical (unpaired) electrons. The van der Waals surface area contributed by atoms with E-state index >= 15 is 0 Å². The Labute approximate surface area is 165 Å². The van der Waals surface area contributed by atoms with Crippen LogP contribution in [-0.4, -0.2) is 42.5 Å². The fourth-order valence-corrected chi connectivity index (χ4v) is 3.57. The molecule has 3 rings (SSSR count). The lowest BCUT2D eigenvalue weighted by Crippen LogP contribution is -2.53. The number of carbonyl (C=O) groups excluding carboxylic acids is 2. The zero-order valence-electron chi connectivity index (χ0n) is 17.0.